The summed E-state index contributed by atoms with van der Waals surface area (Å²) < 4.78 is 2.53. The van der Waals surface area contributed by atoms with Crippen LogP contribution in [0.5, 0.6) is 0 Å². The highest BCUT2D eigenvalue weighted by atomic mass is 79.9. The van der Waals surface area contributed by atoms with Gasteiger partial charge in [-0.3, -0.25) is 9.36 Å². The summed E-state index contributed by atoms with van der Waals surface area (Å²) in [5.41, 5.74) is 1.45. The van der Waals surface area contributed by atoms with Crippen LogP contribution in [-0.4, -0.2) is 26.7 Å². The molecule has 5 nitrogen and oxygen atoms in total. The molecular weight excluding hydrogens is 308 g/mol. The smallest absolute Gasteiger partial charge is 0.252 e. The average molecular weight is 323 g/mol. The van der Waals surface area contributed by atoms with Gasteiger partial charge in [0.1, 0.15) is 12.7 Å². The van der Waals surface area contributed by atoms with Gasteiger partial charge in [0.25, 0.3) is 5.91 Å². The van der Waals surface area contributed by atoms with Crippen molar-refractivity contribution in [2.24, 2.45) is 0 Å². The molecule has 0 saturated carbocycles. The van der Waals surface area contributed by atoms with Gasteiger partial charge in [-0.25, -0.2) is 0 Å². The first kappa shape index (κ1) is 13.7. The van der Waals surface area contributed by atoms with E-state index in [0.717, 1.165) is 16.6 Å². The highest BCUT2D eigenvalue weighted by molar-refractivity contribution is 9.10. The third kappa shape index (κ3) is 3.20. The van der Waals surface area contributed by atoms with Crippen molar-refractivity contribution in [1.29, 1.82) is 0 Å². The van der Waals surface area contributed by atoms with Gasteiger partial charge in [-0.15, -0.1) is 10.2 Å². The number of hydrogen-bond donors (Lipinski definition) is 1. The number of benzene rings is 1. The lowest BCUT2D eigenvalue weighted by Crippen LogP contribution is -2.32. The molecule has 1 heterocycles. The number of aromatic nitrogens is 3. The van der Waals surface area contributed by atoms with E-state index in [4.69, 9.17) is 0 Å². The zero-order chi connectivity index (χ0) is 13.8. The van der Waals surface area contributed by atoms with Crippen LogP contribution in [0.3, 0.4) is 0 Å². The number of hydrogen-bond acceptors (Lipinski definition) is 3. The third-order valence-corrected chi connectivity index (χ3v) is 3.59. The van der Waals surface area contributed by atoms with E-state index in [1.807, 2.05) is 32.0 Å². The summed E-state index contributed by atoms with van der Waals surface area (Å²) in [5, 5.41) is 10.5. The van der Waals surface area contributed by atoms with Gasteiger partial charge in [0.15, 0.2) is 0 Å². The standard InChI is InChI=1S/C13H15BrN4O/c1-3-9(2)17-13(19)11-6-10(4-5-12(11)14)18-7-15-16-8-18/h4-9H,3H2,1-2H3,(H,17,19)/t9-/m0/s1. The Morgan fingerprint density at radius 2 is 2.11 bits per heavy atom. The first-order chi connectivity index (χ1) is 9.11. The molecule has 19 heavy (non-hydrogen) atoms. The summed E-state index contributed by atoms with van der Waals surface area (Å²) in [7, 11) is 0. The molecule has 0 saturated heterocycles. The Hall–Kier alpha value is -1.69. The van der Waals surface area contributed by atoms with Gasteiger partial charge < -0.3 is 5.32 Å². The molecule has 0 radical (unpaired) electrons. The SMILES string of the molecule is CC[C@H](C)NC(=O)c1cc(-n2cnnc2)ccc1Br. The first-order valence-corrected chi connectivity index (χ1v) is 6.86. The van der Waals surface area contributed by atoms with E-state index in [-0.39, 0.29) is 11.9 Å². The second kappa shape index (κ2) is 5.97. The predicted octanol–water partition coefficient (Wildman–Crippen LogP) is 2.56. The van der Waals surface area contributed by atoms with Crippen LogP contribution in [0.4, 0.5) is 0 Å². The fourth-order valence-electron chi connectivity index (χ4n) is 1.59. The van der Waals surface area contributed by atoms with Crippen molar-refractivity contribution >= 4 is 21.8 Å². The zero-order valence-corrected chi connectivity index (χ0v) is 12.4. The highest BCUT2D eigenvalue weighted by Crippen LogP contribution is 2.20. The van der Waals surface area contributed by atoms with Gasteiger partial charge in [-0.05, 0) is 47.5 Å². The molecule has 0 spiro atoms. The minimum atomic E-state index is -0.0869. The molecule has 1 amide bonds. The van der Waals surface area contributed by atoms with E-state index < -0.39 is 0 Å². The van der Waals surface area contributed by atoms with E-state index in [0.29, 0.717) is 5.56 Å². The van der Waals surface area contributed by atoms with Crippen LogP contribution in [-0.2, 0) is 0 Å². The molecular formula is C13H15BrN4O. The molecule has 6 heteroatoms. The van der Waals surface area contributed by atoms with Crippen LogP contribution < -0.4 is 5.32 Å². The summed E-state index contributed by atoms with van der Waals surface area (Å²) in [6, 6.07) is 5.71. The van der Waals surface area contributed by atoms with Crippen molar-refractivity contribution in [2.45, 2.75) is 26.3 Å². The molecule has 0 aliphatic carbocycles. The van der Waals surface area contributed by atoms with Gasteiger partial charge in [-0.1, -0.05) is 6.92 Å². The third-order valence-electron chi connectivity index (χ3n) is 2.90. The van der Waals surface area contributed by atoms with Gasteiger partial charge >= 0.3 is 0 Å². The second-order valence-corrected chi connectivity index (χ2v) is 5.17. The minimum Gasteiger partial charge on any atom is -0.350 e. The number of halogens is 1. The number of amides is 1. The normalized spacial score (nSPS) is 12.2. The lowest BCUT2D eigenvalue weighted by molar-refractivity contribution is 0.0938. The molecule has 100 valence electrons. The molecule has 1 N–H and O–H groups in total. The fraction of sp³-hybridized carbons (Fsp3) is 0.308. The number of carbonyl (C=O) groups excluding carboxylic acids is 1. The topological polar surface area (TPSA) is 59.8 Å². The molecule has 0 aliphatic rings. The Morgan fingerprint density at radius 3 is 2.74 bits per heavy atom. The van der Waals surface area contributed by atoms with Crippen LogP contribution in [0.1, 0.15) is 30.6 Å². The molecule has 2 rings (SSSR count). The Bertz CT molecular complexity index is 568. The molecule has 0 aliphatic heterocycles. The molecule has 1 aromatic carbocycles. The quantitative estimate of drug-likeness (QED) is 0.941. The van der Waals surface area contributed by atoms with Crippen molar-refractivity contribution in [3.63, 3.8) is 0 Å². The molecule has 0 unspecified atom stereocenters. The number of nitrogens with one attached hydrogen (secondary N) is 1. The maximum Gasteiger partial charge on any atom is 0.252 e. The van der Waals surface area contributed by atoms with Gasteiger partial charge in [0.2, 0.25) is 0 Å². The van der Waals surface area contributed by atoms with Crippen LogP contribution in [0.15, 0.2) is 35.3 Å². The Morgan fingerprint density at radius 1 is 1.42 bits per heavy atom. The van der Waals surface area contributed by atoms with Crippen LogP contribution in [0.25, 0.3) is 5.69 Å². The van der Waals surface area contributed by atoms with Crippen LogP contribution >= 0.6 is 15.9 Å². The van der Waals surface area contributed by atoms with Crippen molar-refractivity contribution in [2.75, 3.05) is 0 Å². The van der Waals surface area contributed by atoms with Crippen molar-refractivity contribution in [3.8, 4) is 5.69 Å². The number of rotatable bonds is 4. The highest BCUT2D eigenvalue weighted by Gasteiger charge is 2.13. The largest absolute Gasteiger partial charge is 0.350 e. The lowest BCUT2D eigenvalue weighted by atomic mass is 10.1. The first-order valence-electron chi connectivity index (χ1n) is 6.07. The number of nitrogens with zero attached hydrogens (tertiary/aromatic N) is 3. The minimum absolute atomic E-state index is 0.0869. The molecule has 2 aromatic rings. The van der Waals surface area contributed by atoms with Crippen LogP contribution in [0.2, 0.25) is 0 Å². The summed E-state index contributed by atoms with van der Waals surface area (Å²) in [5.74, 6) is -0.0869. The summed E-state index contributed by atoms with van der Waals surface area (Å²) >= 11 is 3.40. The number of carbonyl (C=O) groups is 1. The van der Waals surface area contributed by atoms with Gasteiger partial charge in [0.05, 0.1) is 5.56 Å². The van der Waals surface area contributed by atoms with E-state index in [1.165, 1.54) is 0 Å². The maximum absolute atomic E-state index is 12.2. The van der Waals surface area contributed by atoms with Crippen molar-refractivity contribution in [1.82, 2.24) is 20.1 Å². The molecule has 1 atom stereocenters. The lowest BCUT2D eigenvalue weighted by Gasteiger charge is -2.13. The van der Waals surface area contributed by atoms with Gasteiger partial charge in [-0.2, -0.15) is 0 Å². The Labute approximate surface area is 120 Å². The van der Waals surface area contributed by atoms with Gasteiger partial charge in [0, 0.05) is 16.2 Å². The van der Waals surface area contributed by atoms with Crippen molar-refractivity contribution in [3.05, 3.63) is 40.9 Å². The monoisotopic (exact) mass is 322 g/mol. The van der Waals surface area contributed by atoms with Crippen molar-refractivity contribution < 1.29 is 4.79 Å². The molecule has 0 fully saturated rings. The maximum atomic E-state index is 12.2. The van der Waals surface area contributed by atoms with E-state index in [1.54, 1.807) is 17.2 Å². The van der Waals surface area contributed by atoms with E-state index in [2.05, 4.69) is 31.4 Å². The molecule has 1 aromatic heterocycles. The summed E-state index contributed by atoms with van der Waals surface area (Å²) in [4.78, 5) is 12.2. The van der Waals surface area contributed by atoms with Crippen LogP contribution in [0, 0.1) is 0 Å². The van der Waals surface area contributed by atoms with E-state index >= 15 is 0 Å². The summed E-state index contributed by atoms with van der Waals surface area (Å²) in [6.45, 7) is 4.02. The second-order valence-electron chi connectivity index (χ2n) is 4.32. The predicted molar refractivity (Wildman–Crippen MR) is 76.3 cm³/mol. The zero-order valence-electron chi connectivity index (χ0n) is 10.8. The van der Waals surface area contributed by atoms with E-state index in [9.17, 15) is 4.79 Å². The summed E-state index contributed by atoms with van der Waals surface area (Å²) in [6.07, 6.45) is 4.09. The Kier molecular flexibility index (Phi) is 4.31. The fourth-order valence-corrected chi connectivity index (χ4v) is 2.01. The molecule has 0 bridgehead atoms. The average Bonchev–Trinajstić information content (AvgIpc) is 2.93. The Balaban J connectivity index is 2.30.